The summed E-state index contributed by atoms with van der Waals surface area (Å²) in [5.41, 5.74) is 1.17. The Balaban J connectivity index is 1.49. The normalized spacial score (nSPS) is 19.7. The molecule has 1 aromatic heterocycles. The van der Waals surface area contributed by atoms with Gasteiger partial charge in [-0.3, -0.25) is 9.59 Å². The summed E-state index contributed by atoms with van der Waals surface area (Å²) in [5, 5.41) is 9.17. The van der Waals surface area contributed by atoms with Crippen molar-refractivity contribution >= 4 is 38.9 Å². The van der Waals surface area contributed by atoms with Crippen molar-refractivity contribution in [3.63, 3.8) is 0 Å². The number of carbonyl (C=O) groups excluding carboxylic acids is 2. The molecule has 2 amide bonds. The number of piperidine rings is 1. The van der Waals surface area contributed by atoms with E-state index < -0.39 is 10.0 Å². The van der Waals surface area contributed by atoms with Crippen molar-refractivity contribution in [1.82, 2.24) is 9.62 Å². The van der Waals surface area contributed by atoms with Gasteiger partial charge in [0.15, 0.2) is 0 Å². The molecule has 2 atom stereocenters. The second-order valence-corrected chi connectivity index (χ2v) is 10.5. The van der Waals surface area contributed by atoms with E-state index in [0.717, 1.165) is 19.3 Å². The summed E-state index contributed by atoms with van der Waals surface area (Å²) < 4.78 is 27.7. The molecule has 31 heavy (non-hydrogen) atoms. The molecular weight excluding hydrogens is 434 g/mol. The number of hydrogen-bond donors (Lipinski definition) is 2. The molecule has 9 heteroatoms. The Morgan fingerprint density at radius 3 is 2.39 bits per heavy atom. The second-order valence-electron chi connectivity index (χ2n) is 7.91. The van der Waals surface area contributed by atoms with Crippen LogP contribution in [0.1, 0.15) is 56.3 Å². The number of benzene rings is 1. The Morgan fingerprint density at radius 1 is 1.10 bits per heavy atom. The molecule has 7 nitrogen and oxygen atoms in total. The Bertz CT molecular complexity index is 978. The molecule has 2 N–H and O–H groups in total. The van der Waals surface area contributed by atoms with Gasteiger partial charge in [-0.2, -0.15) is 15.6 Å². The number of amides is 2. The Morgan fingerprint density at radius 2 is 1.77 bits per heavy atom. The number of rotatable bonds is 8. The molecule has 0 radical (unpaired) electrons. The van der Waals surface area contributed by atoms with Crippen LogP contribution in [0.3, 0.4) is 0 Å². The van der Waals surface area contributed by atoms with Crippen molar-refractivity contribution in [3.05, 3.63) is 46.7 Å². The molecule has 168 valence electrons. The molecule has 1 aliphatic rings. The van der Waals surface area contributed by atoms with Gasteiger partial charge in [-0.15, -0.1) is 0 Å². The van der Waals surface area contributed by atoms with E-state index in [1.807, 2.05) is 19.2 Å². The fraction of sp³-hybridized carbons (Fsp3) is 0.455. The molecule has 0 aliphatic carbocycles. The number of nitrogens with one attached hydrogen (secondary N) is 2. The molecule has 0 bridgehead atoms. The van der Waals surface area contributed by atoms with Crippen molar-refractivity contribution in [2.24, 2.45) is 0 Å². The third kappa shape index (κ3) is 5.93. The van der Waals surface area contributed by atoms with Crippen molar-refractivity contribution in [2.45, 2.75) is 62.9 Å². The van der Waals surface area contributed by atoms with Crippen LogP contribution in [-0.2, 0) is 14.8 Å². The van der Waals surface area contributed by atoms with E-state index in [1.54, 1.807) is 40.0 Å². The van der Waals surface area contributed by atoms with E-state index in [-0.39, 0.29) is 35.2 Å². The maximum atomic E-state index is 13.1. The first-order chi connectivity index (χ1) is 14.8. The number of hydrogen-bond acceptors (Lipinski definition) is 5. The summed E-state index contributed by atoms with van der Waals surface area (Å²) in [6, 6.07) is 8.02. The van der Waals surface area contributed by atoms with Gasteiger partial charge < -0.3 is 10.6 Å². The van der Waals surface area contributed by atoms with Crippen LogP contribution < -0.4 is 10.6 Å². The molecule has 0 saturated carbocycles. The van der Waals surface area contributed by atoms with E-state index in [2.05, 4.69) is 10.6 Å². The SMILES string of the molecule is CC1CCCC(C)N1S(=O)(=O)c1ccc(NC(=O)CCCNC(=O)c2ccsc2)cc1. The zero-order chi connectivity index (χ0) is 22.4. The Hall–Kier alpha value is -2.23. The lowest BCUT2D eigenvalue weighted by Crippen LogP contribution is -2.47. The Kier molecular flexibility index (Phi) is 7.85. The van der Waals surface area contributed by atoms with Gasteiger partial charge in [0.2, 0.25) is 15.9 Å². The van der Waals surface area contributed by atoms with Crippen LogP contribution in [0.4, 0.5) is 5.69 Å². The minimum absolute atomic E-state index is 0.0200. The first-order valence-electron chi connectivity index (χ1n) is 10.5. The van der Waals surface area contributed by atoms with Crippen LogP contribution in [-0.4, -0.2) is 43.2 Å². The quantitative estimate of drug-likeness (QED) is 0.581. The molecule has 3 rings (SSSR count). The first kappa shape index (κ1) is 23.4. The first-order valence-corrected chi connectivity index (χ1v) is 12.9. The lowest BCUT2D eigenvalue weighted by Gasteiger charge is -2.37. The highest BCUT2D eigenvalue weighted by Gasteiger charge is 2.35. The highest BCUT2D eigenvalue weighted by Crippen LogP contribution is 2.29. The van der Waals surface area contributed by atoms with Crippen LogP contribution in [0.15, 0.2) is 46.0 Å². The Labute approximate surface area is 187 Å². The molecule has 1 fully saturated rings. The maximum absolute atomic E-state index is 13.1. The standard InChI is InChI=1S/C22H29N3O4S2/c1-16-5-3-6-17(2)25(16)31(28,29)20-10-8-19(9-11-20)24-21(26)7-4-13-23-22(27)18-12-14-30-15-18/h8-12,14-17H,3-7,13H2,1-2H3,(H,23,27)(H,24,26). The summed E-state index contributed by atoms with van der Waals surface area (Å²) in [4.78, 5) is 24.2. The van der Waals surface area contributed by atoms with Crippen molar-refractivity contribution in [1.29, 1.82) is 0 Å². The predicted octanol–water partition coefficient (Wildman–Crippen LogP) is 3.85. The molecular formula is C22H29N3O4S2. The molecule has 2 unspecified atom stereocenters. The fourth-order valence-corrected chi connectivity index (χ4v) is 6.39. The molecule has 1 aromatic carbocycles. The van der Waals surface area contributed by atoms with Gasteiger partial charge in [0, 0.05) is 41.7 Å². The number of anilines is 1. The summed E-state index contributed by atoms with van der Waals surface area (Å²) in [6.07, 6.45) is 3.54. The molecule has 2 heterocycles. The minimum atomic E-state index is -3.57. The van der Waals surface area contributed by atoms with E-state index in [1.165, 1.54) is 11.3 Å². The molecule has 1 aliphatic heterocycles. The van der Waals surface area contributed by atoms with E-state index in [9.17, 15) is 18.0 Å². The monoisotopic (exact) mass is 463 g/mol. The largest absolute Gasteiger partial charge is 0.352 e. The van der Waals surface area contributed by atoms with Crippen LogP contribution in [0.5, 0.6) is 0 Å². The minimum Gasteiger partial charge on any atom is -0.352 e. The van der Waals surface area contributed by atoms with Crippen molar-refractivity contribution < 1.29 is 18.0 Å². The average molecular weight is 464 g/mol. The second kappa shape index (κ2) is 10.4. The number of nitrogens with zero attached hydrogens (tertiary/aromatic N) is 1. The topological polar surface area (TPSA) is 95.6 Å². The average Bonchev–Trinajstić information content (AvgIpc) is 3.26. The van der Waals surface area contributed by atoms with E-state index in [0.29, 0.717) is 24.2 Å². The van der Waals surface area contributed by atoms with Crippen LogP contribution in [0, 0.1) is 0 Å². The maximum Gasteiger partial charge on any atom is 0.252 e. The molecule has 0 spiro atoms. The van der Waals surface area contributed by atoms with Gasteiger partial charge in [0.05, 0.1) is 4.90 Å². The van der Waals surface area contributed by atoms with Gasteiger partial charge in [0.1, 0.15) is 0 Å². The smallest absolute Gasteiger partial charge is 0.252 e. The molecule has 2 aromatic rings. The summed E-state index contributed by atoms with van der Waals surface area (Å²) in [5.74, 6) is -0.325. The lowest BCUT2D eigenvalue weighted by molar-refractivity contribution is -0.116. The van der Waals surface area contributed by atoms with Gasteiger partial charge in [-0.05, 0) is 68.8 Å². The highest BCUT2D eigenvalue weighted by molar-refractivity contribution is 7.89. The van der Waals surface area contributed by atoms with Gasteiger partial charge in [-0.1, -0.05) is 6.42 Å². The zero-order valence-corrected chi connectivity index (χ0v) is 19.5. The number of carbonyl (C=O) groups is 2. The molecule has 1 saturated heterocycles. The fourth-order valence-electron chi connectivity index (χ4n) is 3.87. The third-order valence-electron chi connectivity index (χ3n) is 5.48. The van der Waals surface area contributed by atoms with Crippen LogP contribution >= 0.6 is 11.3 Å². The predicted molar refractivity (Wildman–Crippen MR) is 123 cm³/mol. The summed E-state index contributed by atoms with van der Waals surface area (Å²) >= 11 is 1.46. The lowest BCUT2D eigenvalue weighted by atomic mass is 10.0. The van der Waals surface area contributed by atoms with Crippen molar-refractivity contribution in [2.75, 3.05) is 11.9 Å². The summed E-state index contributed by atoms with van der Waals surface area (Å²) in [6.45, 7) is 4.31. The zero-order valence-electron chi connectivity index (χ0n) is 17.8. The van der Waals surface area contributed by atoms with E-state index >= 15 is 0 Å². The third-order valence-corrected chi connectivity index (χ3v) is 8.30. The van der Waals surface area contributed by atoms with Gasteiger partial charge >= 0.3 is 0 Å². The van der Waals surface area contributed by atoms with Crippen LogP contribution in [0.2, 0.25) is 0 Å². The van der Waals surface area contributed by atoms with Crippen LogP contribution in [0.25, 0.3) is 0 Å². The van der Waals surface area contributed by atoms with Crippen molar-refractivity contribution in [3.8, 4) is 0 Å². The highest BCUT2D eigenvalue weighted by atomic mass is 32.2. The number of sulfonamides is 1. The number of thiophene rings is 1. The van der Waals surface area contributed by atoms with Gasteiger partial charge in [-0.25, -0.2) is 8.42 Å². The van der Waals surface area contributed by atoms with E-state index in [4.69, 9.17) is 0 Å². The van der Waals surface area contributed by atoms with Gasteiger partial charge in [0.25, 0.3) is 5.91 Å². The summed E-state index contributed by atoms with van der Waals surface area (Å²) in [7, 11) is -3.57.